The molecule has 0 aliphatic heterocycles. The molecule has 48 heavy (non-hydrogen) atoms. The van der Waals surface area contributed by atoms with Crippen LogP contribution in [-0.2, 0) is 0 Å². The molecule has 4 heteroatoms. The van der Waals surface area contributed by atoms with Crippen LogP contribution in [0.3, 0.4) is 0 Å². The van der Waals surface area contributed by atoms with Crippen molar-refractivity contribution in [3.05, 3.63) is 146 Å². The molecule has 0 aliphatic carbocycles. The van der Waals surface area contributed by atoms with Crippen molar-refractivity contribution in [1.29, 1.82) is 0 Å². The molecule has 0 atom stereocenters. The summed E-state index contributed by atoms with van der Waals surface area (Å²) in [7, 11) is 0. The van der Waals surface area contributed by atoms with Crippen molar-refractivity contribution in [3.8, 4) is 22.5 Å². The van der Waals surface area contributed by atoms with Gasteiger partial charge in [-0.15, -0.1) is 0 Å². The first-order valence-electron chi connectivity index (χ1n) is 16.1. The summed E-state index contributed by atoms with van der Waals surface area (Å²) in [6.07, 6.45) is 3.72. The van der Waals surface area contributed by atoms with Gasteiger partial charge >= 0.3 is 0 Å². The SMILES string of the molecule is c1ccc2cc3c(cc2c1)oc1c(-c2cnc(-c4cc5ccccc5c5c4oc4cc6ccccc6cc45)cn2)cc2ccccc2c13. The third-order valence-corrected chi connectivity index (χ3v) is 9.87. The van der Waals surface area contributed by atoms with Crippen LogP contribution in [0.1, 0.15) is 0 Å². The molecule has 0 amide bonds. The van der Waals surface area contributed by atoms with E-state index in [1.807, 2.05) is 12.4 Å². The lowest BCUT2D eigenvalue weighted by molar-refractivity contribution is 0.670. The molecule has 3 heterocycles. The van der Waals surface area contributed by atoms with Crippen LogP contribution in [0.25, 0.3) is 109 Å². The maximum Gasteiger partial charge on any atom is 0.145 e. The van der Waals surface area contributed by atoms with E-state index in [4.69, 9.17) is 18.8 Å². The molecule has 0 fully saturated rings. The van der Waals surface area contributed by atoms with Crippen LogP contribution in [0.5, 0.6) is 0 Å². The number of hydrogen-bond donors (Lipinski definition) is 0. The highest BCUT2D eigenvalue weighted by Crippen LogP contribution is 2.44. The van der Waals surface area contributed by atoms with Crippen LogP contribution in [-0.4, -0.2) is 9.97 Å². The van der Waals surface area contributed by atoms with Crippen molar-refractivity contribution in [3.63, 3.8) is 0 Å². The van der Waals surface area contributed by atoms with Crippen molar-refractivity contribution in [1.82, 2.24) is 9.97 Å². The molecule has 0 saturated carbocycles. The second kappa shape index (κ2) is 9.50. The minimum atomic E-state index is 0.756. The second-order valence-electron chi connectivity index (χ2n) is 12.6. The fourth-order valence-corrected chi connectivity index (χ4v) is 7.61. The van der Waals surface area contributed by atoms with E-state index in [9.17, 15) is 0 Å². The Kier molecular flexibility index (Phi) is 5.08. The lowest BCUT2D eigenvalue weighted by Crippen LogP contribution is -1.91. The Morgan fingerprint density at radius 2 is 0.729 bits per heavy atom. The van der Waals surface area contributed by atoms with Gasteiger partial charge in [-0.1, -0.05) is 97.1 Å². The topological polar surface area (TPSA) is 52.1 Å². The molecule has 0 unspecified atom stereocenters. The molecule has 0 bridgehead atoms. The van der Waals surface area contributed by atoms with Crippen LogP contribution >= 0.6 is 0 Å². The fourth-order valence-electron chi connectivity index (χ4n) is 7.61. The monoisotopic (exact) mass is 612 g/mol. The van der Waals surface area contributed by atoms with Crippen LogP contribution in [0.4, 0.5) is 0 Å². The van der Waals surface area contributed by atoms with Crippen molar-refractivity contribution in [2.75, 3.05) is 0 Å². The van der Waals surface area contributed by atoms with E-state index >= 15 is 0 Å². The Bertz CT molecular complexity index is 2900. The van der Waals surface area contributed by atoms with E-state index in [-0.39, 0.29) is 0 Å². The zero-order valence-electron chi connectivity index (χ0n) is 25.6. The van der Waals surface area contributed by atoms with Gasteiger partial charge in [0.15, 0.2) is 0 Å². The summed E-state index contributed by atoms with van der Waals surface area (Å²) >= 11 is 0. The number of hydrogen-bond acceptors (Lipinski definition) is 4. The van der Waals surface area contributed by atoms with Crippen molar-refractivity contribution < 1.29 is 8.83 Å². The van der Waals surface area contributed by atoms with E-state index in [1.54, 1.807) is 0 Å². The maximum atomic E-state index is 6.66. The van der Waals surface area contributed by atoms with Crippen LogP contribution in [0.15, 0.2) is 155 Å². The Hall–Kier alpha value is -6.52. The highest BCUT2D eigenvalue weighted by Gasteiger charge is 2.20. The molecule has 222 valence electrons. The van der Waals surface area contributed by atoms with E-state index in [1.165, 1.54) is 10.8 Å². The van der Waals surface area contributed by atoms with E-state index < -0.39 is 0 Å². The Morgan fingerprint density at radius 3 is 1.15 bits per heavy atom. The largest absolute Gasteiger partial charge is 0.455 e. The molecule has 0 N–H and O–H groups in total. The lowest BCUT2D eigenvalue weighted by Gasteiger charge is -2.09. The van der Waals surface area contributed by atoms with Gasteiger partial charge in [-0.3, -0.25) is 9.97 Å². The summed E-state index contributed by atoms with van der Waals surface area (Å²) in [6, 6.07) is 46.9. The molecule has 0 spiro atoms. The van der Waals surface area contributed by atoms with Crippen molar-refractivity contribution in [2.24, 2.45) is 0 Å². The first-order chi connectivity index (χ1) is 23.8. The van der Waals surface area contributed by atoms with Gasteiger partial charge in [0, 0.05) is 32.7 Å². The van der Waals surface area contributed by atoms with Gasteiger partial charge in [0.25, 0.3) is 0 Å². The highest BCUT2D eigenvalue weighted by atomic mass is 16.3. The zero-order chi connectivity index (χ0) is 31.3. The van der Waals surface area contributed by atoms with Gasteiger partial charge in [0.05, 0.1) is 23.8 Å². The molecule has 0 aliphatic rings. The first kappa shape index (κ1) is 25.6. The van der Waals surface area contributed by atoms with E-state index in [2.05, 4.69) is 133 Å². The number of benzene rings is 8. The molecule has 0 saturated heterocycles. The summed E-state index contributed by atoms with van der Waals surface area (Å²) in [5.41, 5.74) is 6.71. The third kappa shape index (κ3) is 3.60. The minimum Gasteiger partial charge on any atom is -0.455 e. The number of aromatic nitrogens is 2. The Morgan fingerprint density at radius 1 is 0.354 bits per heavy atom. The average molecular weight is 613 g/mol. The van der Waals surface area contributed by atoms with Gasteiger partial charge < -0.3 is 8.83 Å². The standard InChI is InChI=1S/C44H24N2O2/c1-3-11-27-21-39-35(17-25(27)9-1)41-31-15-7-5-13-29(31)19-33(43(41)47-39)37-23-46-38(24-45-37)34-20-30-14-6-8-16-32(30)42-36-18-26-10-2-4-12-28(26)22-40(36)48-44(34)42/h1-24H. The summed E-state index contributed by atoms with van der Waals surface area (Å²) in [5.74, 6) is 0. The Balaban J connectivity index is 1.14. The number of rotatable bonds is 2. The molecule has 0 radical (unpaired) electrons. The number of furan rings is 2. The fraction of sp³-hybridized carbons (Fsp3) is 0. The number of nitrogens with zero attached hydrogens (tertiary/aromatic N) is 2. The quantitative estimate of drug-likeness (QED) is 0.195. The molecule has 4 nitrogen and oxygen atoms in total. The normalized spacial score (nSPS) is 12.2. The minimum absolute atomic E-state index is 0.756. The smallest absolute Gasteiger partial charge is 0.145 e. The van der Waals surface area contributed by atoms with E-state index in [0.717, 1.165) is 98.7 Å². The maximum absolute atomic E-state index is 6.66. The molecular weight excluding hydrogens is 588 g/mol. The average Bonchev–Trinajstić information content (AvgIpc) is 3.71. The van der Waals surface area contributed by atoms with Crippen molar-refractivity contribution in [2.45, 2.75) is 0 Å². The molecule has 3 aromatic heterocycles. The summed E-state index contributed by atoms with van der Waals surface area (Å²) < 4.78 is 13.3. The molecule has 11 aromatic rings. The predicted octanol–water partition coefficient (Wildman–Crippen LogP) is 12.2. The molecular formula is C44H24N2O2. The van der Waals surface area contributed by atoms with Crippen LogP contribution in [0, 0.1) is 0 Å². The molecule has 8 aromatic carbocycles. The van der Waals surface area contributed by atoms with Gasteiger partial charge in [0.2, 0.25) is 0 Å². The van der Waals surface area contributed by atoms with Crippen molar-refractivity contribution >= 4 is 87.0 Å². The second-order valence-corrected chi connectivity index (χ2v) is 12.6. The lowest BCUT2D eigenvalue weighted by atomic mass is 9.97. The van der Waals surface area contributed by atoms with Crippen LogP contribution in [0.2, 0.25) is 0 Å². The predicted molar refractivity (Wildman–Crippen MR) is 197 cm³/mol. The third-order valence-electron chi connectivity index (χ3n) is 9.87. The van der Waals surface area contributed by atoms with Crippen LogP contribution < -0.4 is 0 Å². The first-order valence-corrected chi connectivity index (χ1v) is 16.1. The van der Waals surface area contributed by atoms with Gasteiger partial charge in [-0.2, -0.15) is 0 Å². The summed E-state index contributed by atoms with van der Waals surface area (Å²) in [6.45, 7) is 0. The molecule has 11 rings (SSSR count). The van der Waals surface area contributed by atoms with Gasteiger partial charge in [-0.25, -0.2) is 0 Å². The highest BCUT2D eigenvalue weighted by molar-refractivity contribution is 6.25. The Labute approximate surface area is 273 Å². The van der Waals surface area contributed by atoms with E-state index in [0.29, 0.717) is 0 Å². The van der Waals surface area contributed by atoms with Gasteiger partial charge in [-0.05, 0) is 79.5 Å². The zero-order valence-corrected chi connectivity index (χ0v) is 25.6. The summed E-state index contributed by atoms with van der Waals surface area (Å²) in [5, 5.41) is 13.7. The summed E-state index contributed by atoms with van der Waals surface area (Å²) in [4.78, 5) is 10.1. The number of fused-ring (bicyclic) bond motifs is 12. The van der Waals surface area contributed by atoms with Gasteiger partial charge in [0.1, 0.15) is 22.3 Å².